The molecule has 0 unspecified atom stereocenters. The molecule has 0 atom stereocenters. The lowest BCUT2D eigenvalue weighted by Gasteiger charge is -2.13. The maximum absolute atomic E-state index is 11.5. The second kappa shape index (κ2) is 4.35. The van der Waals surface area contributed by atoms with Crippen molar-refractivity contribution in [1.82, 2.24) is 0 Å². The van der Waals surface area contributed by atoms with Gasteiger partial charge in [-0.3, -0.25) is 4.79 Å². The van der Waals surface area contributed by atoms with Crippen LogP contribution in [0.15, 0.2) is 12.1 Å². The highest BCUT2D eigenvalue weighted by molar-refractivity contribution is 6.41. The van der Waals surface area contributed by atoms with Gasteiger partial charge in [-0.1, -0.05) is 26.0 Å². The van der Waals surface area contributed by atoms with E-state index in [2.05, 4.69) is 0 Å². The molecule has 0 aliphatic carbocycles. The first-order valence-electron chi connectivity index (χ1n) is 4.96. The number of carbonyl (C=O) groups is 2. The van der Waals surface area contributed by atoms with Crippen molar-refractivity contribution in [3.8, 4) is 5.75 Å². The van der Waals surface area contributed by atoms with Crippen molar-refractivity contribution in [3.05, 3.63) is 28.8 Å². The minimum Gasteiger partial charge on any atom is -0.507 e. The van der Waals surface area contributed by atoms with Crippen LogP contribution in [0, 0.1) is 6.92 Å². The summed E-state index contributed by atoms with van der Waals surface area (Å²) in [5, 5.41) is 18.5. The van der Waals surface area contributed by atoms with Gasteiger partial charge in [0.15, 0.2) is 0 Å². The smallest absolute Gasteiger partial charge is 0.377 e. The average Bonchev–Trinajstić information content (AvgIpc) is 2.20. The number of phenols is 1. The fourth-order valence-electron chi connectivity index (χ4n) is 1.54. The lowest BCUT2D eigenvalue weighted by atomic mass is 9.92. The fourth-order valence-corrected chi connectivity index (χ4v) is 1.54. The van der Waals surface area contributed by atoms with Gasteiger partial charge >= 0.3 is 5.97 Å². The summed E-state index contributed by atoms with van der Waals surface area (Å²) in [5.41, 5.74) is 0.951. The number of rotatable bonds is 3. The molecule has 0 fully saturated rings. The summed E-state index contributed by atoms with van der Waals surface area (Å²) in [4.78, 5) is 22.2. The minimum atomic E-state index is -1.55. The third-order valence-electron chi connectivity index (χ3n) is 2.46. The number of phenolic OH excluding ortho intramolecular Hbond substituents is 1. The zero-order chi connectivity index (χ0) is 12.5. The predicted molar refractivity (Wildman–Crippen MR) is 58.9 cm³/mol. The van der Waals surface area contributed by atoms with Gasteiger partial charge in [0.1, 0.15) is 5.75 Å². The SMILES string of the molecule is Cc1ccc(C(C)C)c(C(=O)C(=O)O)c1O. The van der Waals surface area contributed by atoms with E-state index in [1.807, 2.05) is 13.8 Å². The van der Waals surface area contributed by atoms with Crippen molar-refractivity contribution in [2.45, 2.75) is 26.7 Å². The standard InChI is InChI=1S/C12H14O4/c1-6(2)8-5-4-7(3)10(13)9(8)11(14)12(15)16/h4-6,13H,1-3H3,(H,15,16). The number of carboxylic acids is 1. The number of aliphatic carboxylic acids is 1. The van der Waals surface area contributed by atoms with Crippen LogP contribution >= 0.6 is 0 Å². The van der Waals surface area contributed by atoms with Gasteiger partial charge in [-0.25, -0.2) is 4.79 Å². The quantitative estimate of drug-likeness (QED) is 0.606. The average molecular weight is 222 g/mol. The second-order valence-electron chi connectivity index (χ2n) is 3.98. The highest BCUT2D eigenvalue weighted by atomic mass is 16.4. The molecule has 0 amide bonds. The maximum Gasteiger partial charge on any atom is 0.377 e. The first-order valence-corrected chi connectivity index (χ1v) is 4.96. The Labute approximate surface area is 93.5 Å². The molecule has 0 aliphatic rings. The van der Waals surface area contributed by atoms with Crippen LogP contribution in [0.5, 0.6) is 5.75 Å². The van der Waals surface area contributed by atoms with E-state index in [1.165, 1.54) is 0 Å². The molecule has 0 aliphatic heterocycles. The molecule has 0 radical (unpaired) electrons. The lowest BCUT2D eigenvalue weighted by Crippen LogP contribution is -2.16. The van der Waals surface area contributed by atoms with Crippen molar-refractivity contribution < 1.29 is 19.8 Å². The Balaban J connectivity index is 3.49. The number of aromatic hydroxyl groups is 1. The van der Waals surface area contributed by atoms with Gasteiger partial charge in [-0.2, -0.15) is 0 Å². The Morgan fingerprint density at radius 2 is 1.81 bits per heavy atom. The zero-order valence-electron chi connectivity index (χ0n) is 9.44. The van der Waals surface area contributed by atoms with E-state index in [0.717, 1.165) is 0 Å². The van der Waals surface area contributed by atoms with E-state index in [4.69, 9.17) is 5.11 Å². The van der Waals surface area contributed by atoms with Gasteiger partial charge in [0.05, 0.1) is 5.56 Å². The molecule has 0 bridgehead atoms. The molecule has 0 aromatic heterocycles. The molecular formula is C12H14O4. The molecule has 0 heterocycles. The molecule has 16 heavy (non-hydrogen) atoms. The summed E-state index contributed by atoms with van der Waals surface area (Å²) in [6, 6.07) is 3.35. The summed E-state index contributed by atoms with van der Waals surface area (Å²) >= 11 is 0. The van der Waals surface area contributed by atoms with Crippen molar-refractivity contribution in [2.24, 2.45) is 0 Å². The van der Waals surface area contributed by atoms with E-state index in [9.17, 15) is 14.7 Å². The summed E-state index contributed by atoms with van der Waals surface area (Å²) in [6.07, 6.45) is 0. The zero-order valence-corrected chi connectivity index (χ0v) is 9.44. The van der Waals surface area contributed by atoms with Crippen molar-refractivity contribution in [2.75, 3.05) is 0 Å². The molecule has 1 aromatic carbocycles. The normalized spacial score (nSPS) is 10.5. The van der Waals surface area contributed by atoms with Crippen LogP contribution in [0.1, 0.15) is 41.3 Å². The molecule has 4 heteroatoms. The Morgan fingerprint density at radius 3 is 2.25 bits per heavy atom. The van der Waals surface area contributed by atoms with E-state index in [-0.39, 0.29) is 17.2 Å². The molecular weight excluding hydrogens is 208 g/mol. The Morgan fingerprint density at radius 1 is 1.25 bits per heavy atom. The van der Waals surface area contributed by atoms with Gasteiger partial charge in [0.2, 0.25) is 0 Å². The summed E-state index contributed by atoms with van der Waals surface area (Å²) in [5.74, 6) is -2.88. The molecule has 0 saturated carbocycles. The van der Waals surface area contributed by atoms with E-state index in [1.54, 1.807) is 19.1 Å². The molecule has 1 rings (SSSR count). The van der Waals surface area contributed by atoms with E-state index >= 15 is 0 Å². The van der Waals surface area contributed by atoms with Crippen molar-refractivity contribution in [3.63, 3.8) is 0 Å². The number of ketones is 1. The van der Waals surface area contributed by atoms with Crippen LogP contribution in [-0.4, -0.2) is 22.0 Å². The molecule has 0 saturated heterocycles. The van der Waals surface area contributed by atoms with E-state index in [0.29, 0.717) is 11.1 Å². The number of carboxylic acid groups (broad SMARTS) is 1. The first-order chi connectivity index (χ1) is 7.36. The van der Waals surface area contributed by atoms with Crippen LogP contribution in [-0.2, 0) is 4.79 Å². The summed E-state index contributed by atoms with van der Waals surface area (Å²) in [6.45, 7) is 5.30. The second-order valence-corrected chi connectivity index (χ2v) is 3.98. The summed E-state index contributed by atoms with van der Waals surface area (Å²) < 4.78 is 0. The molecule has 1 aromatic rings. The predicted octanol–water partition coefficient (Wildman–Crippen LogP) is 2.09. The van der Waals surface area contributed by atoms with Crippen LogP contribution in [0.3, 0.4) is 0 Å². The van der Waals surface area contributed by atoms with Crippen molar-refractivity contribution in [1.29, 1.82) is 0 Å². The Bertz CT molecular complexity index is 447. The minimum absolute atomic E-state index is 0.0233. The van der Waals surface area contributed by atoms with Crippen LogP contribution in [0.4, 0.5) is 0 Å². The number of aryl methyl sites for hydroxylation is 1. The monoisotopic (exact) mass is 222 g/mol. The van der Waals surface area contributed by atoms with Crippen LogP contribution < -0.4 is 0 Å². The number of Topliss-reactive ketones (excluding diaryl/α,β-unsaturated/α-hetero) is 1. The third-order valence-corrected chi connectivity index (χ3v) is 2.46. The van der Waals surface area contributed by atoms with Gasteiger partial charge in [0.25, 0.3) is 5.78 Å². The Kier molecular flexibility index (Phi) is 3.32. The lowest BCUT2D eigenvalue weighted by molar-refractivity contribution is -0.131. The van der Waals surface area contributed by atoms with E-state index < -0.39 is 11.8 Å². The number of carbonyl (C=O) groups excluding carboxylic acids is 1. The van der Waals surface area contributed by atoms with Crippen LogP contribution in [0.25, 0.3) is 0 Å². The van der Waals surface area contributed by atoms with Gasteiger partial charge in [-0.05, 0) is 24.0 Å². The number of hydrogen-bond donors (Lipinski definition) is 2. The first kappa shape index (κ1) is 12.2. The van der Waals surface area contributed by atoms with Gasteiger partial charge in [-0.15, -0.1) is 0 Å². The van der Waals surface area contributed by atoms with Gasteiger partial charge < -0.3 is 10.2 Å². The van der Waals surface area contributed by atoms with Gasteiger partial charge in [0, 0.05) is 0 Å². The highest BCUT2D eigenvalue weighted by Crippen LogP contribution is 2.30. The maximum atomic E-state index is 11.5. The number of hydrogen-bond acceptors (Lipinski definition) is 3. The molecule has 0 spiro atoms. The molecule has 2 N–H and O–H groups in total. The highest BCUT2D eigenvalue weighted by Gasteiger charge is 2.24. The molecule has 86 valence electrons. The summed E-state index contributed by atoms with van der Waals surface area (Å²) in [7, 11) is 0. The third kappa shape index (κ3) is 2.05. The number of benzene rings is 1. The largest absolute Gasteiger partial charge is 0.507 e. The topological polar surface area (TPSA) is 74.6 Å². The van der Waals surface area contributed by atoms with Crippen molar-refractivity contribution >= 4 is 11.8 Å². The molecule has 4 nitrogen and oxygen atoms in total. The Hall–Kier alpha value is -1.84. The van der Waals surface area contributed by atoms with Crippen LogP contribution in [0.2, 0.25) is 0 Å². The fraction of sp³-hybridized carbons (Fsp3) is 0.333.